The molecule has 0 fully saturated rings. The van der Waals surface area contributed by atoms with Crippen molar-refractivity contribution in [2.45, 2.75) is 6.18 Å². The van der Waals surface area contributed by atoms with E-state index in [-0.39, 0.29) is 11.3 Å². The van der Waals surface area contributed by atoms with Gasteiger partial charge in [-0.3, -0.25) is 9.78 Å². The average Bonchev–Trinajstić information content (AvgIpc) is 2.72. The molecule has 0 aliphatic heterocycles. The van der Waals surface area contributed by atoms with E-state index in [1.165, 1.54) is 31.6 Å². The molecule has 29 heavy (non-hydrogen) atoms. The van der Waals surface area contributed by atoms with Crippen molar-refractivity contribution in [2.24, 2.45) is 0 Å². The maximum absolute atomic E-state index is 13.0. The first kappa shape index (κ1) is 20.1. The average molecular weight is 402 g/mol. The van der Waals surface area contributed by atoms with Crippen molar-refractivity contribution in [3.63, 3.8) is 0 Å². The minimum atomic E-state index is -4.51. The molecule has 150 valence electrons. The highest BCUT2D eigenvalue weighted by Gasteiger charge is 2.30. The van der Waals surface area contributed by atoms with Crippen molar-refractivity contribution < 1.29 is 22.7 Å². The summed E-state index contributed by atoms with van der Waals surface area (Å²) in [6.07, 6.45) is -1.49. The largest absolute Gasteiger partial charge is 0.481 e. The summed E-state index contributed by atoms with van der Waals surface area (Å²) in [6, 6.07) is 9.34. The number of nitrogens with one attached hydrogen (secondary N) is 2. The summed E-state index contributed by atoms with van der Waals surface area (Å²) in [5.74, 6) is -0.207. The van der Waals surface area contributed by atoms with Crippen LogP contribution in [0, 0.1) is 0 Å². The van der Waals surface area contributed by atoms with Gasteiger partial charge < -0.3 is 15.4 Å². The number of anilines is 2. The molecule has 0 saturated heterocycles. The third-order valence-corrected chi connectivity index (χ3v) is 4.11. The van der Waals surface area contributed by atoms with Crippen LogP contribution in [0.4, 0.5) is 24.5 Å². The molecule has 0 radical (unpaired) electrons. The Balaban J connectivity index is 2.00. The molecule has 0 unspecified atom stereocenters. The molecular formula is C20H17F3N4O2. The predicted molar refractivity (Wildman–Crippen MR) is 103 cm³/mol. The number of ether oxygens (including phenoxy) is 1. The minimum absolute atomic E-state index is 0.0227. The van der Waals surface area contributed by atoms with Crippen LogP contribution < -0.4 is 15.4 Å². The highest BCUT2D eigenvalue weighted by Crippen LogP contribution is 2.32. The van der Waals surface area contributed by atoms with Crippen molar-refractivity contribution in [2.75, 3.05) is 24.8 Å². The first-order valence-electron chi connectivity index (χ1n) is 8.49. The number of amides is 1. The smallest absolute Gasteiger partial charge is 0.416 e. The monoisotopic (exact) mass is 402 g/mol. The van der Waals surface area contributed by atoms with Crippen LogP contribution in [-0.2, 0) is 6.18 Å². The molecule has 2 N–H and O–H groups in total. The van der Waals surface area contributed by atoms with Gasteiger partial charge in [0.1, 0.15) is 0 Å². The number of hydrogen-bond acceptors (Lipinski definition) is 5. The number of nitrogens with zero attached hydrogens (tertiary/aromatic N) is 2. The SMILES string of the molecule is CNc1ccnc(-c2ccc(OC)nc2)c1C(=O)Nc1cccc(C(F)(F)F)c1. The van der Waals surface area contributed by atoms with E-state index >= 15 is 0 Å². The third kappa shape index (κ3) is 4.45. The fraction of sp³-hybridized carbons (Fsp3) is 0.150. The van der Waals surface area contributed by atoms with Crippen LogP contribution in [-0.4, -0.2) is 30.0 Å². The van der Waals surface area contributed by atoms with Gasteiger partial charge in [-0.2, -0.15) is 13.2 Å². The van der Waals surface area contributed by atoms with Crippen LogP contribution in [0.25, 0.3) is 11.3 Å². The van der Waals surface area contributed by atoms with Gasteiger partial charge in [-0.25, -0.2) is 4.98 Å². The summed E-state index contributed by atoms with van der Waals surface area (Å²) in [7, 11) is 3.11. The molecule has 0 saturated carbocycles. The van der Waals surface area contributed by atoms with E-state index in [0.717, 1.165) is 12.1 Å². The first-order chi connectivity index (χ1) is 13.8. The molecule has 9 heteroatoms. The number of carbonyl (C=O) groups excluding carboxylic acids is 1. The second kappa shape index (κ2) is 8.17. The van der Waals surface area contributed by atoms with E-state index < -0.39 is 17.6 Å². The Kier molecular flexibility index (Phi) is 5.67. The van der Waals surface area contributed by atoms with Crippen molar-refractivity contribution in [3.05, 3.63) is 66.0 Å². The predicted octanol–water partition coefficient (Wildman–Crippen LogP) is 4.47. The Morgan fingerprint density at radius 3 is 2.52 bits per heavy atom. The lowest BCUT2D eigenvalue weighted by atomic mass is 10.0. The van der Waals surface area contributed by atoms with Crippen LogP contribution in [0.5, 0.6) is 5.88 Å². The molecular weight excluding hydrogens is 385 g/mol. The highest BCUT2D eigenvalue weighted by atomic mass is 19.4. The molecule has 0 spiro atoms. The molecule has 1 amide bonds. The van der Waals surface area contributed by atoms with Gasteiger partial charge >= 0.3 is 6.18 Å². The van der Waals surface area contributed by atoms with Crippen LogP contribution in [0.3, 0.4) is 0 Å². The number of halogens is 3. The van der Waals surface area contributed by atoms with Crippen LogP contribution in [0.1, 0.15) is 15.9 Å². The molecule has 0 aliphatic carbocycles. The number of hydrogen-bond donors (Lipinski definition) is 2. The van der Waals surface area contributed by atoms with Gasteiger partial charge in [0.15, 0.2) is 0 Å². The lowest BCUT2D eigenvalue weighted by Gasteiger charge is -2.15. The Morgan fingerprint density at radius 2 is 1.90 bits per heavy atom. The van der Waals surface area contributed by atoms with E-state index in [4.69, 9.17) is 4.74 Å². The fourth-order valence-electron chi connectivity index (χ4n) is 2.73. The van der Waals surface area contributed by atoms with E-state index in [0.29, 0.717) is 22.8 Å². The molecule has 6 nitrogen and oxygen atoms in total. The third-order valence-electron chi connectivity index (χ3n) is 4.11. The van der Waals surface area contributed by atoms with Crippen molar-refractivity contribution in [3.8, 4) is 17.1 Å². The summed E-state index contributed by atoms with van der Waals surface area (Å²) < 4.78 is 43.9. The van der Waals surface area contributed by atoms with E-state index in [9.17, 15) is 18.0 Å². The standard InChI is InChI=1S/C20H17F3N4O2/c1-24-15-8-9-25-18(12-6-7-16(29-2)26-11-12)17(15)19(28)27-14-5-3-4-13(10-14)20(21,22)23/h3-11H,1-2H3,(H,24,25)(H,27,28). The quantitative estimate of drug-likeness (QED) is 0.659. The summed E-state index contributed by atoms with van der Waals surface area (Å²) in [6.45, 7) is 0. The molecule has 0 aliphatic rings. The van der Waals surface area contributed by atoms with E-state index in [1.54, 1.807) is 25.2 Å². The summed E-state index contributed by atoms with van der Waals surface area (Å²) in [5, 5.41) is 5.42. The number of carbonyl (C=O) groups is 1. The Morgan fingerprint density at radius 1 is 1.10 bits per heavy atom. The van der Waals surface area contributed by atoms with Gasteiger partial charge in [-0.05, 0) is 30.3 Å². The van der Waals surface area contributed by atoms with Crippen molar-refractivity contribution in [1.82, 2.24) is 9.97 Å². The molecule has 3 aromatic rings. The van der Waals surface area contributed by atoms with Gasteiger partial charge in [0.05, 0.1) is 29.6 Å². The van der Waals surface area contributed by atoms with Crippen LogP contribution in [0.2, 0.25) is 0 Å². The van der Waals surface area contributed by atoms with Gasteiger partial charge in [-0.1, -0.05) is 6.07 Å². The number of aromatic nitrogens is 2. The fourth-order valence-corrected chi connectivity index (χ4v) is 2.73. The second-order valence-corrected chi connectivity index (χ2v) is 5.95. The maximum Gasteiger partial charge on any atom is 0.416 e. The Bertz CT molecular complexity index is 1020. The maximum atomic E-state index is 13.0. The first-order valence-corrected chi connectivity index (χ1v) is 8.49. The lowest BCUT2D eigenvalue weighted by Crippen LogP contribution is -2.17. The van der Waals surface area contributed by atoms with Gasteiger partial charge in [-0.15, -0.1) is 0 Å². The van der Waals surface area contributed by atoms with Crippen LogP contribution >= 0.6 is 0 Å². The molecule has 1 aromatic carbocycles. The summed E-state index contributed by atoms with van der Waals surface area (Å²) >= 11 is 0. The molecule has 2 heterocycles. The second-order valence-electron chi connectivity index (χ2n) is 5.95. The van der Waals surface area contributed by atoms with Gasteiger partial charge in [0.25, 0.3) is 5.91 Å². The van der Waals surface area contributed by atoms with Gasteiger partial charge in [0.2, 0.25) is 5.88 Å². The molecule has 2 aromatic heterocycles. The van der Waals surface area contributed by atoms with E-state index in [1.807, 2.05) is 0 Å². The zero-order valence-corrected chi connectivity index (χ0v) is 15.5. The summed E-state index contributed by atoms with van der Waals surface area (Å²) in [4.78, 5) is 21.3. The molecule has 0 bridgehead atoms. The zero-order chi connectivity index (χ0) is 21.0. The topological polar surface area (TPSA) is 76.1 Å². The highest BCUT2D eigenvalue weighted by molar-refractivity contribution is 6.11. The van der Waals surface area contributed by atoms with Gasteiger partial charge in [0, 0.05) is 36.8 Å². The Hall–Kier alpha value is -3.62. The van der Waals surface area contributed by atoms with Crippen molar-refractivity contribution in [1.29, 1.82) is 0 Å². The van der Waals surface area contributed by atoms with Crippen LogP contribution in [0.15, 0.2) is 54.9 Å². The zero-order valence-electron chi connectivity index (χ0n) is 15.5. The molecule has 0 atom stereocenters. The number of methoxy groups -OCH3 is 1. The van der Waals surface area contributed by atoms with Crippen molar-refractivity contribution >= 4 is 17.3 Å². The number of alkyl halides is 3. The van der Waals surface area contributed by atoms with E-state index in [2.05, 4.69) is 20.6 Å². The minimum Gasteiger partial charge on any atom is -0.481 e. The number of pyridine rings is 2. The molecule has 3 rings (SSSR count). The number of benzene rings is 1. The Labute approximate surface area is 164 Å². The number of rotatable bonds is 5. The lowest BCUT2D eigenvalue weighted by molar-refractivity contribution is -0.137. The normalized spacial score (nSPS) is 11.1. The summed E-state index contributed by atoms with van der Waals surface area (Å²) in [5.41, 5.74) is 0.702.